The summed E-state index contributed by atoms with van der Waals surface area (Å²) in [7, 11) is -1.70. The number of hydrogen-bond acceptors (Lipinski definition) is 4. The van der Waals surface area contributed by atoms with Gasteiger partial charge in [0.1, 0.15) is 0 Å². The second-order valence-corrected chi connectivity index (χ2v) is 5.09. The van der Waals surface area contributed by atoms with Gasteiger partial charge in [0, 0.05) is 35.8 Å². The minimum atomic E-state index is -1.70. The molecule has 1 amide bonds. The standard InChI is InChI=1S/C14H21BClNO4/c1-2-3-8-21-9-4-7-17-14(18)11-5-6-13(16)12(10-11)15(19)20/h5-6,10,19-20H,2-4,7-9H2,1H3,(H,17,18). The van der Waals surface area contributed by atoms with Crippen LogP contribution in [0.5, 0.6) is 0 Å². The van der Waals surface area contributed by atoms with E-state index in [0.29, 0.717) is 18.7 Å². The number of nitrogens with one attached hydrogen (secondary N) is 1. The van der Waals surface area contributed by atoms with Gasteiger partial charge in [0.25, 0.3) is 5.91 Å². The van der Waals surface area contributed by atoms with Crippen LogP contribution in [0, 0.1) is 0 Å². The van der Waals surface area contributed by atoms with E-state index in [4.69, 9.17) is 26.4 Å². The number of unbranched alkanes of at least 4 members (excludes halogenated alkanes) is 1. The lowest BCUT2D eigenvalue weighted by molar-refractivity contribution is 0.0940. The first-order valence-electron chi connectivity index (χ1n) is 7.07. The molecule has 0 saturated heterocycles. The van der Waals surface area contributed by atoms with Gasteiger partial charge in [-0.2, -0.15) is 0 Å². The molecule has 0 aliphatic heterocycles. The molecule has 0 spiro atoms. The summed E-state index contributed by atoms with van der Waals surface area (Å²) in [5.74, 6) is -0.276. The molecule has 1 aromatic carbocycles. The van der Waals surface area contributed by atoms with Crippen molar-refractivity contribution < 1.29 is 19.6 Å². The van der Waals surface area contributed by atoms with E-state index in [0.717, 1.165) is 25.9 Å². The number of ether oxygens (including phenoxy) is 1. The summed E-state index contributed by atoms with van der Waals surface area (Å²) < 4.78 is 5.39. The van der Waals surface area contributed by atoms with E-state index >= 15 is 0 Å². The number of amides is 1. The van der Waals surface area contributed by atoms with Gasteiger partial charge in [0.15, 0.2) is 0 Å². The van der Waals surface area contributed by atoms with Crippen molar-refractivity contribution in [2.75, 3.05) is 19.8 Å². The molecule has 1 aromatic rings. The van der Waals surface area contributed by atoms with E-state index in [2.05, 4.69) is 12.2 Å². The predicted octanol–water partition coefficient (Wildman–Crippen LogP) is 0.956. The van der Waals surface area contributed by atoms with E-state index in [1.54, 1.807) is 6.07 Å². The van der Waals surface area contributed by atoms with Crippen LogP contribution in [0.15, 0.2) is 18.2 Å². The Morgan fingerprint density at radius 1 is 1.33 bits per heavy atom. The van der Waals surface area contributed by atoms with Crippen molar-refractivity contribution in [2.24, 2.45) is 0 Å². The van der Waals surface area contributed by atoms with Gasteiger partial charge in [-0.15, -0.1) is 0 Å². The summed E-state index contributed by atoms with van der Waals surface area (Å²) in [6.07, 6.45) is 2.88. The maximum atomic E-state index is 11.9. The fourth-order valence-corrected chi connectivity index (χ4v) is 1.92. The van der Waals surface area contributed by atoms with Crippen LogP contribution in [0.2, 0.25) is 5.02 Å². The Hall–Kier alpha value is -1.08. The molecular formula is C14H21BClNO4. The first-order chi connectivity index (χ1) is 10.1. The van der Waals surface area contributed by atoms with Crippen LogP contribution in [0.25, 0.3) is 0 Å². The first kappa shape index (κ1) is 18.0. The van der Waals surface area contributed by atoms with Crippen LogP contribution < -0.4 is 10.8 Å². The molecule has 0 radical (unpaired) electrons. The lowest BCUT2D eigenvalue weighted by Crippen LogP contribution is -2.33. The Morgan fingerprint density at radius 3 is 2.71 bits per heavy atom. The molecule has 0 fully saturated rings. The van der Waals surface area contributed by atoms with Crippen molar-refractivity contribution in [3.8, 4) is 0 Å². The highest BCUT2D eigenvalue weighted by atomic mass is 35.5. The van der Waals surface area contributed by atoms with Crippen molar-refractivity contribution >= 4 is 30.1 Å². The Balaban J connectivity index is 2.37. The molecular weight excluding hydrogens is 292 g/mol. The molecule has 21 heavy (non-hydrogen) atoms. The summed E-state index contributed by atoms with van der Waals surface area (Å²) in [5, 5.41) is 21.3. The Morgan fingerprint density at radius 2 is 2.05 bits per heavy atom. The Bertz CT molecular complexity index is 457. The monoisotopic (exact) mass is 313 g/mol. The van der Waals surface area contributed by atoms with Crippen LogP contribution in [0.4, 0.5) is 0 Å². The van der Waals surface area contributed by atoms with E-state index < -0.39 is 7.12 Å². The summed E-state index contributed by atoms with van der Waals surface area (Å²) in [6, 6.07) is 4.39. The lowest BCUT2D eigenvalue weighted by Gasteiger charge is -2.08. The number of rotatable bonds is 9. The maximum absolute atomic E-state index is 11.9. The number of carbonyl (C=O) groups excluding carboxylic acids is 1. The third kappa shape index (κ3) is 6.48. The van der Waals surface area contributed by atoms with Gasteiger partial charge in [0.2, 0.25) is 0 Å². The maximum Gasteiger partial charge on any atom is 0.489 e. The number of carbonyl (C=O) groups is 1. The first-order valence-corrected chi connectivity index (χ1v) is 7.45. The van der Waals surface area contributed by atoms with Crippen LogP contribution in [0.3, 0.4) is 0 Å². The Labute approximate surface area is 130 Å². The molecule has 0 aromatic heterocycles. The molecule has 5 nitrogen and oxygen atoms in total. The lowest BCUT2D eigenvalue weighted by atomic mass is 9.79. The molecule has 0 heterocycles. The number of benzene rings is 1. The average Bonchev–Trinajstić information content (AvgIpc) is 2.46. The molecule has 0 atom stereocenters. The SMILES string of the molecule is CCCCOCCCNC(=O)c1ccc(Cl)c(B(O)O)c1. The fourth-order valence-electron chi connectivity index (χ4n) is 1.71. The zero-order chi connectivity index (χ0) is 15.7. The van der Waals surface area contributed by atoms with Crippen molar-refractivity contribution in [3.05, 3.63) is 28.8 Å². The van der Waals surface area contributed by atoms with Crippen LogP contribution in [-0.2, 0) is 4.74 Å². The summed E-state index contributed by atoms with van der Waals surface area (Å²) >= 11 is 5.81. The quantitative estimate of drug-likeness (QED) is 0.469. The van der Waals surface area contributed by atoms with Gasteiger partial charge >= 0.3 is 7.12 Å². The second-order valence-electron chi connectivity index (χ2n) is 4.69. The van der Waals surface area contributed by atoms with Crippen LogP contribution in [-0.4, -0.2) is 42.8 Å². The van der Waals surface area contributed by atoms with Gasteiger partial charge < -0.3 is 20.1 Å². The van der Waals surface area contributed by atoms with Gasteiger partial charge in [-0.25, -0.2) is 0 Å². The molecule has 116 valence electrons. The van der Waals surface area contributed by atoms with Crippen LogP contribution in [0.1, 0.15) is 36.5 Å². The predicted molar refractivity (Wildman–Crippen MR) is 84.0 cm³/mol. The molecule has 0 bridgehead atoms. The fraction of sp³-hybridized carbons (Fsp3) is 0.500. The smallest absolute Gasteiger partial charge is 0.423 e. The van der Waals surface area contributed by atoms with Gasteiger partial charge in [-0.1, -0.05) is 24.9 Å². The number of hydrogen-bond donors (Lipinski definition) is 3. The molecule has 0 aliphatic carbocycles. The van der Waals surface area contributed by atoms with E-state index in [9.17, 15) is 4.79 Å². The third-order valence-corrected chi connectivity index (χ3v) is 3.27. The average molecular weight is 314 g/mol. The minimum absolute atomic E-state index is 0.118. The second kappa shape index (κ2) is 9.79. The van der Waals surface area contributed by atoms with E-state index in [1.807, 2.05) is 0 Å². The zero-order valence-corrected chi connectivity index (χ0v) is 12.9. The minimum Gasteiger partial charge on any atom is -0.423 e. The topological polar surface area (TPSA) is 78.8 Å². The molecule has 0 unspecified atom stereocenters. The molecule has 3 N–H and O–H groups in total. The van der Waals surface area contributed by atoms with Crippen molar-refractivity contribution in [1.82, 2.24) is 5.32 Å². The van der Waals surface area contributed by atoms with Crippen LogP contribution >= 0.6 is 11.6 Å². The van der Waals surface area contributed by atoms with Gasteiger partial charge in [-0.3, -0.25) is 4.79 Å². The molecule has 0 aliphatic rings. The highest BCUT2D eigenvalue weighted by Crippen LogP contribution is 2.08. The third-order valence-electron chi connectivity index (χ3n) is 2.93. The zero-order valence-electron chi connectivity index (χ0n) is 12.1. The molecule has 1 rings (SSSR count). The van der Waals surface area contributed by atoms with E-state index in [1.165, 1.54) is 12.1 Å². The highest BCUT2D eigenvalue weighted by Gasteiger charge is 2.17. The largest absolute Gasteiger partial charge is 0.489 e. The summed E-state index contributed by atoms with van der Waals surface area (Å²) in [6.45, 7) is 3.97. The van der Waals surface area contributed by atoms with Gasteiger partial charge in [0.05, 0.1) is 0 Å². The number of halogens is 1. The molecule has 0 saturated carbocycles. The van der Waals surface area contributed by atoms with Gasteiger partial charge in [-0.05, 0) is 31.0 Å². The Kier molecular flexibility index (Phi) is 8.38. The van der Waals surface area contributed by atoms with Crippen molar-refractivity contribution in [3.63, 3.8) is 0 Å². The normalized spacial score (nSPS) is 10.5. The summed E-state index contributed by atoms with van der Waals surface area (Å²) in [4.78, 5) is 11.9. The van der Waals surface area contributed by atoms with Crippen molar-refractivity contribution in [1.29, 1.82) is 0 Å². The van der Waals surface area contributed by atoms with Crippen molar-refractivity contribution in [2.45, 2.75) is 26.2 Å². The van der Waals surface area contributed by atoms with E-state index in [-0.39, 0.29) is 16.4 Å². The summed E-state index contributed by atoms with van der Waals surface area (Å²) in [5.41, 5.74) is 0.460. The highest BCUT2D eigenvalue weighted by molar-refractivity contribution is 6.62. The molecule has 7 heteroatoms.